The highest BCUT2D eigenvalue weighted by Gasteiger charge is 2.09. The van der Waals surface area contributed by atoms with E-state index in [2.05, 4.69) is 62.2 Å². The third kappa shape index (κ3) is 7.88. The van der Waals surface area contributed by atoms with Gasteiger partial charge in [-0.25, -0.2) is 0 Å². The molecular formula is C18H24O2Si2. The lowest BCUT2D eigenvalue weighted by molar-refractivity contribution is -0.131. The van der Waals surface area contributed by atoms with Gasteiger partial charge in [0.05, 0.1) is 0 Å². The normalized spacial score (nSPS) is 10.9. The molecule has 0 aliphatic carbocycles. The Kier molecular flexibility index (Phi) is 5.82. The summed E-state index contributed by atoms with van der Waals surface area (Å²) in [5.41, 5.74) is 8.35. The molecule has 0 unspecified atom stereocenters. The van der Waals surface area contributed by atoms with Crippen LogP contribution in [-0.2, 0) is 4.79 Å². The molecule has 0 N–H and O–H groups in total. The molecule has 0 saturated carbocycles. The molecule has 0 radical (unpaired) electrons. The lowest BCUT2D eigenvalue weighted by Crippen LogP contribution is -2.16. The van der Waals surface area contributed by atoms with Crippen LogP contribution < -0.4 is 4.74 Å². The molecule has 1 aromatic carbocycles. The van der Waals surface area contributed by atoms with E-state index in [1.165, 1.54) is 6.92 Å². The molecule has 0 aliphatic rings. The van der Waals surface area contributed by atoms with Crippen molar-refractivity contribution in [1.29, 1.82) is 0 Å². The van der Waals surface area contributed by atoms with Gasteiger partial charge in [0.25, 0.3) is 0 Å². The highest BCUT2D eigenvalue weighted by Crippen LogP contribution is 2.17. The molecule has 0 heterocycles. The fraction of sp³-hybridized carbons (Fsp3) is 0.389. The van der Waals surface area contributed by atoms with Crippen molar-refractivity contribution >= 4 is 22.1 Å². The van der Waals surface area contributed by atoms with Gasteiger partial charge >= 0.3 is 5.97 Å². The largest absolute Gasteiger partial charge is 0.427 e. The van der Waals surface area contributed by atoms with Crippen LogP contribution in [0.15, 0.2) is 18.2 Å². The van der Waals surface area contributed by atoms with E-state index in [1.54, 1.807) is 12.1 Å². The first-order chi connectivity index (χ1) is 9.94. The maximum atomic E-state index is 11.2. The van der Waals surface area contributed by atoms with Crippen molar-refractivity contribution in [2.75, 3.05) is 0 Å². The zero-order valence-electron chi connectivity index (χ0n) is 14.5. The minimum atomic E-state index is -1.45. The van der Waals surface area contributed by atoms with Crippen molar-refractivity contribution in [3.05, 3.63) is 29.3 Å². The predicted molar refractivity (Wildman–Crippen MR) is 98.2 cm³/mol. The number of esters is 1. The molecule has 0 fully saturated rings. The van der Waals surface area contributed by atoms with Crippen LogP contribution in [0.5, 0.6) is 5.75 Å². The minimum Gasteiger partial charge on any atom is -0.427 e. The van der Waals surface area contributed by atoms with Crippen LogP contribution in [0.2, 0.25) is 39.3 Å². The van der Waals surface area contributed by atoms with Gasteiger partial charge in [-0.15, -0.1) is 11.1 Å². The monoisotopic (exact) mass is 328 g/mol. The van der Waals surface area contributed by atoms with Crippen LogP contribution in [0.4, 0.5) is 0 Å². The highest BCUT2D eigenvalue weighted by molar-refractivity contribution is 6.84. The summed E-state index contributed by atoms with van der Waals surface area (Å²) in [6, 6.07) is 5.57. The quantitative estimate of drug-likeness (QED) is 0.336. The molecule has 1 rings (SSSR count). The maximum Gasteiger partial charge on any atom is 0.308 e. The summed E-state index contributed by atoms with van der Waals surface area (Å²) in [6.07, 6.45) is 0. The van der Waals surface area contributed by atoms with E-state index < -0.39 is 16.1 Å². The maximum absolute atomic E-state index is 11.2. The Morgan fingerprint density at radius 2 is 1.27 bits per heavy atom. The highest BCUT2D eigenvalue weighted by atomic mass is 28.3. The minimum absolute atomic E-state index is 0.334. The molecule has 0 saturated heterocycles. The topological polar surface area (TPSA) is 26.3 Å². The summed E-state index contributed by atoms with van der Waals surface area (Å²) in [6.45, 7) is 14.6. The van der Waals surface area contributed by atoms with Crippen LogP contribution in [0, 0.1) is 22.9 Å². The third-order valence-corrected chi connectivity index (χ3v) is 4.08. The number of carbonyl (C=O) groups excluding carboxylic acids is 1. The van der Waals surface area contributed by atoms with E-state index in [4.69, 9.17) is 4.74 Å². The standard InChI is InChI=1S/C18H24O2Si2/c1-15(19)20-18-13-16(8-10-21(2,3)4)12-17(14-18)9-11-22(5,6)7/h12-14H,1-7H3. The van der Waals surface area contributed by atoms with Gasteiger partial charge in [0, 0.05) is 18.1 Å². The van der Waals surface area contributed by atoms with Crippen molar-refractivity contribution in [2.24, 2.45) is 0 Å². The van der Waals surface area contributed by atoms with E-state index in [0.29, 0.717) is 5.75 Å². The van der Waals surface area contributed by atoms with Gasteiger partial charge in [0.15, 0.2) is 0 Å². The molecular weight excluding hydrogens is 304 g/mol. The van der Waals surface area contributed by atoms with E-state index in [0.717, 1.165) is 11.1 Å². The lowest BCUT2D eigenvalue weighted by Gasteiger charge is -2.06. The van der Waals surface area contributed by atoms with Gasteiger partial charge in [-0.3, -0.25) is 4.79 Å². The Hall–Kier alpha value is -1.76. The van der Waals surface area contributed by atoms with Crippen molar-refractivity contribution in [2.45, 2.75) is 46.2 Å². The average molecular weight is 329 g/mol. The lowest BCUT2D eigenvalue weighted by atomic mass is 10.1. The van der Waals surface area contributed by atoms with E-state index in [9.17, 15) is 4.79 Å². The average Bonchev–Trinajstić information content (AvgIpc) is 2.31. The van der Waals surface area contributed by atoms with Gasteiger partial charge in [-0.1, -0.05) is 51.1 Å². The number of hydrogen-bond donors (Lipinski definition) is 0. The Morgan fingerprint density at radius 1 is 0.864 bits per heavy atom. The van der Waals surface area contributed by atoms with Crippen LogP contribution in [0.1, 0.15) is 18.1 Å². The van der Waals surface area contributed by atoms with Crippen molar-refractivity contribution in [1.82, 2.24) is 0 Å². The molecule has 2 nitrogen and oxygen atoms in total. The number of carbonyl (C=O) groups is 1. The molecule has 4 heteroatoms. The molecule has 0 aliphatic heterocycles. The summed E-state index contributed by atoms with van der Waals surface area (Å²) >= 11 is 0. The van der Waals surface area contributed by atoms with Gasteiger partial charge in [0.1, 0.15) is 21.9 Å². The second kappa shape index (κ2) is 7.00. The van der Waals surface area contributed by atoms with Crippen LogP contribution >= 0.6 is 0 Å². The molecule has 116 valence electrons. The number of hydrogen-bond acceptors (Lipinski definition) is 2. The molecule has 0 amide bonds. The molecule has 1 aromatic rings. The van der Waals surface area contributed by atoms with Crippen LogP contribution in [-0.4, -0.2) is 22.1 Å². The summed E-state index contributed by atoms with van der Waals surface area (Å²) in [5.74, 6) is 6.57. The zero-order valence-corrected chi connectivity index (χ0v) is 16.5. The summed E-state index contributed by atoms with van der Waals surface area (Å²) in [4.78, 5) is 11.2. The number of rotatable bonds is 1. The van der Waals surface area contributed by atoms with E-state index >= 15 is 0 Å². The third-order valence-electron chi connectivity index (χ3n) is 2.33. The first-order valence-corrected chi connectivity index (χ1v) is 14.3. The molecule has 0 spiro atoms. The summed E-state index contributed by atoms with van der Waals surface area (Å²) < 4.78 is 5.21. The predicted octanol–water partition coefficient (Wildman–Crippen LogP) is 4.07. The second-order valence-corrected chi connectivity index (χ2v) is 16.8. The van der Waals surface area contributed by atoms with Crippen molar-refractivity contribution < 1.29 is 9.53 Å². The second-order valence-electron chi connectivity index (χ2n) is 7.34. The smallest absolute Gasteiger partial charge is 0.308 e. The Morgan fingerprint density at radius 3 is 1.59 bits per heavy atom. The first-order valence-electron chi connectivity index (χ1n) is 7.34. The van der Waals surface area contributed by atoms with Crippen molar-refractivity contribution in [3.8, 4) is 28.7 Å². The first kappa shape index (κ1) is 18.3. The number of benzene rings is 1. The van der Waals surface area contributed by atoms with Crippen LogP contribution in [0.25, 0.3) is 0 Å². The Bertz CT molecular complexity index is 634. The Balaban J connectivity index is 3.28. The molecule has 0 aromatic heterocycles. The van der Waals surface area contributed by atoms with Gasteiger partial charge in [-0.05, 0) is 18.2 Å². The van der Waals surface area contributed by atoms with Gasteiger partial charge in [0.2, 0.25) is 0 Å². The Labute approximate surface area is 136 Å². The zero-order chi connectivity index (χ0) is 17.0. The van der Waals surface area contributed by atoms with E-state index in [-0.39, 0.29) is 5.97 Å². The van der Waals surface area contributed by atoms with Crippen LogP contribution in [0.3, 0.4) is 0 Å². The number of ether oxygens (including phenoxy) is 1. The van der Waals surface area contributed by atoms with Gasteiger partial charge in [-0.2, -0.15) is 0 Å². The van der Waals surface area contributed by atoms with Crippen molar-refractivity contribution in [3.63, 3.8) is 0 Å². The van der Waals surface area contributed by atoms with Gasteiger partial charge < -0.3 is 4.74 Å². The SMILES string of the molecule is CC(=O)Oc1cc(C#C[Si](C)(C)C)cc(C#C[Si](C)(C)C)c1. The molecule has 22 heavy (non-hydrogen) atoms. The fourth-order valence-corrected chi connectivity index (χ4v) is 2.53. The molecule has 0 atom stereocenters. The summed E-state index contributed by atoms with van der Waals surface area (Å²) in [5, 5.41) is 0. The molecule has 0 bridgehead atoms. The fourth-order valence-electron chi connectivity index (χ4n) is 1.49. The summed E-state index contributed by atoms with van der Waals surface area (Å²) in [7, 11) is -2.91. The van der Waals surface area contributed by atoms with E-state index in [1.807, 2.05) is 6.07 Å².